The number of rotatable bonds is 4. The molecule has 1 amide bonds. The maximum atomic E-state index is 11.2. The molecule has 0 saturated heterocycles. The van der Waals surface area contributed by atoms with Gasteiger partial charge < -0.3 is 9.57 Å². The number of nitrogens with one attached hydrogen (secondary N) is 1. The SMILES string of the molecule is C=CC=C(C=C)C(=O)ONC(=O)OCC. The second-order valence-electron chi connectivity index (χ2n) is 2.27. The van der Waals surface area contributed by atoms with E-state index in [1.807, 2.05) is 5.48 Å². The molecule has 0 bridgehead atoms. The van der Waals surface area contributed by atoms with Crippen molar-refractivity contribution in [1.82, 2.24) is 5.48 Å². The molecular formula is C10H13NO4. The van der Waals surface area contributed by atoms with Gasteiger partial charge in [0.05, 0.1) is 12.2 Å². The Morgan fingerprint density at radius 1 is 1.40 bits per heavy atom. The van der Waals surface area contributed by atoms with Crippen LogP contribution in [0, 0.1) is 0 Å². The van der Waals surface area contributed by atoms with Gasteiger partial charge in [-0.25, -0.2) is 9.59 Å². The van der Waals surface area contributed by atoms with Crippen LogP contribution in [0.2, 0.25) is 0 Å². The maximum Gasteiger partial charge on any atom is 0.440 e. The van der Waals surface area contributed by atoms with Crippen LogP contribution in [0.15, 0.2) is 37.0 Å². The highest BCUT2D eigenvalue weighted by atomic mass is 16.7. The summed E-state index contributed by atoms with van der Waals surface area (Å²) in [5.74, 6) is -0.738. The molecule has 82 valence electrons. The molecule has 0 unspecified atom stereocenters. The molecule has 0 heterocycles. The van der Waals surface area contributed by atoms with Crippen LogP contribution in [0.4, 0.5) is 4.79 Å². The lowest BCUT2D eigenvalue weighted by molar-refractivity contribution is -0.144. The zero-order valence-corrected chi connectivity index (χ0v) is 8.49. The summed E-state index contributed by atoms with van der Waals surface area (Å²) in [5, 5.41) is 0. The van der Waals surface area contributed by atoms with Crippen LogP contribution in [0.3, 0.4) is 0 Å². The lowest BCUT2D eigenvalue weighted by Gasteiger charge is -2.05. The Hall–Kier alpha value is -2.04. The Kier molecular flexibility index (Phi) is 6.37. The van der Waals surface area contributed by atoms with E-state index in [1.54, 1.807) is 6.92 Å². The molecule has 15 heavy (non-hydrogen) atoms. The van der Waals surface area contributed by atoms with E-state index in [-0.39, 0.29) is 12.2 Å². The fourth-order valence-corrected chi connectivity index (χ4v) is 0.654. The zero-order chi connectivity index (χ0) is 11.7. The number of ether oxygens (including phenoxy) is 1. The minimum atomic E-state index is -0.826. The molecule has 0 atom stereocenters. The Bertz CT molecular complexity index is 294. The predicted octanol–water partition coefficient (Wildman–Crippen LogP) is 1.49. The molecule has 5 heteroatoms. The summed E-state index contributed by atoms with van der Waals surface area (Å²) >= 11 is 0. The fourth-order valence-electron chi connectivity index (χ4n) is 0.654. The van der Waals surface area contributed by atoms with Crippen LogP contribution < -0.4 is 5.48 Å². The summed E-state index contributed by atoms with van der Waals surface area (Å²) in [6, 6.07) is 0. The third-order valence-electron chi connectivity index (χ3n) is 1.26. The van der Waals surface area contributed by atoms with Crippen molar-refractivity contribution in [3.05, 3.63) is 37.0 Å². The molecule has 5 nitrogen and oxygen atoms in total. The Morgan fingerprint density at radius 2 is 2.07 bits per heavy atom. The van der Waals surface area contributed by atoms with E-state index < -0.39 is 12.1 Å². The van der Waals surface area contributed by atoms with E-state index in [9.17, 15) is 9.59 Å². The van der Waals surface area contributed by atoms with Gasteiger partial charge in [-0.2, -0.15) is 0 Å². The Labute approximate surface area is 88.0 Å². The molecule has 0 saturated carbocycles. The number of carbonyl (C=O) groups is 2. The summed E-state index contributed by atoms with van der Waals surface area (Å²) in [7, 11) is 0. The molecule has 1 N–H and O–H groups in total. The molecule has 0 aliphatic carbocycles. The largest absolute Gasteiger partial charge is 0.448 e. The lowest BCUT2D eigenvalue weighted by atomic mass is 10.2. The van der Waals surface area contributed by atoms with Gasteiger partial charge in [0.25, 0.3) is 0 Å². The van der Waals surface area contributed by atoms with Crippen LogP contribution in [-0.4, -0.2) is 18.7 Å². The van der Waals surface area contributed by atoms with Gasteiger partial charge in [-0.3, -0.25) is 0 Å². The number of hydrogen-bond acceptors (Lipinski definition) is 4. The van der Waals surface area contributed by atoms with E-state index in [2.05, 4.69) is 22.7 Å². The molecule has 0 aromatic carbocycles. The molecule has 0 spiro atoms. The standard InChI is InChI=1S/C10H13NO4/c1-4-7-8(5-2)9(12)15-11-10(13)14-6-3/h4-5,7H,1-2,6H2,3H3,(H,11,13). The van der Waals surface area contributed by atoms with Crippen molar-refractivity contribution in [1.29, 1.82) is 0 Å². The Balaban J connectivity index is 4.13. The normalized spacial score (nSPS) is 10.1. The maximum absolute atomic E-state index is 11.2. The highest BCUT2D eigenvalue weighted by Gasteiger charge is 2.09. The number of amides is 1. The second-order valence-corrected chi connectivity index (χ2v) is 2.27. The highest BCUT2D eigenvalue weighted by Crippen LogP contribution is 1.98. The van der Waals surface area contributed by atoms with Gasteiger partial charge >= 0.3 is 12.1 Å². The summed E-state index contributed by atoms with van der Waals surface area (Å²) in [6.45, 7) is 8.64. The van der Waals surface area contributed by atoms with Crippen molar-refractivity contribution in [2.24, 2.45) is 0 Å². The molecule has 0 aliphatic rings. The molecule has 0 aliphatic heterocycles. The first kappa shape index (κ1) is 13.0. The van der Waals surface area contributed by atoms with Crippen LogP contribution in [0.5, 0.6) is 0 Å². The molecule has 0 rings (SSSR count). The minimum absolute atomic E-state index is 0.182. The van der Waals surface area contributed by atoms with Crippen LogP contribution in [-0.2, 0) is 14.4 Å². The van der Waals surface area contributed by atoms with E-state index in [1.165, 1.54) is 18.2 Å². The first-order valence-corrected chi connectivity index (χ1v) is 4.24. The average molecular weight is 211 g/mol. The van der Waals surface area contributed by atoms with Gasteiger partial charge in [-0.1, -0.05) is 25.3 Å². The van der Waals surface area contributed by atoms with Crippen molar-refractivity contribution < 1.29 is 19.2 Å². The van der Waals surface area contributed by atoms with E-state index >= 15 is 0 Å². The third-order valence-corrected chi connectivity index (χ3v) is 1.26. The van der Waals surface area contributed by atoms with Gasteiger partial charge in [-0.05, 0) is 13.0 Å². The van der Waals surface area contributed by atoms with Crippen LogP contribution in [0.1, 0.15) is 6.92 Å². The van der Waals surface area contributed by atoms with E-state index in [0.29, 0.717) is 0 Å². The van der Waals surface area contributed by atoms with Crippen molar-refractivity contribution in [3.8, 4) is 0 Å². The summed E-state index contributed by atoms with van der Waals surface area (Å²) in [4.78, 5) is 26.3. The minimum Gasteiger partial charge on any atom is -0.448 e. The summed E-state index contributed by atoms with van der Waals surface area (Å²) in [6.07, 6.45) is 3.27. The van der Waals surface area contributed by atoms with Crippen molar-refractivity contribution >= 4 is 12.1 Å². The van der Waals surface area contributed by atoms with Gasteiger partial charge in [0, 0.05) is 0 Å². The van der Waals surface area contributed by atoms with Gasteiger partial charge in [0.2, 0.25) is 0 Å². The fraction of sp³-hybridized carbons (Fsp3) is 0.200. The molecule has 0 radical (unpaired) electrons. The van der Waals surface area contributed by atoms with E-state index in [4.69, 9.17) is 0 Å². The molecule has 0 aromatic rings. The topological polar surface area (TPSA) is 64.6 Å². The first-order chi connectivity index (χ1) is 7.15. The summed E-state index contributed by atoms with van der Waals surface area (Å²) in [5.41, 5.74) is 2.01. The number of hydrogen-bond donors (Lipinski definition) is 1. The van der Waals surface area contributed by atoms with Gasteiger partial charge in [-0.15, -0.1) is 5.48 Å². The first-order valence-electron chi connectivity index (χ1n) is 4.24. The molecule has 0 fully saturated rings. The quantitative estimate of drug-likeness (QED) is 0.434. The number of carbonyl (C=O) groups excluding carboxylic acids is 2. The zero-order valence-electron chi connectivity index (χ0n) is 8.49. The van der Waals surface area contributed by atoms with Gasteiger partial charge in [0.15, 0.2) is 0 Å². The van der Waals surface area contributed by atoms with Crippen LogP contribution in [0.25, 0.3) is 0 Å². The van der Waals surface area contributed by atoms with Crippen molar-refractivity contribution in [2.75, 3.05) is 6.61 Å². The average Bonchev–Trinajstić information content (AvgIpc) is 2.23. The van der Waals surface area contributed by atoms with Crippen LogP contribution >= 0.6 is 0 Å². The smallest absolute Gasteiger partial charge is 0.440 e. The predicted molar refractivity (Wildman–Crippen MR) is 54.7 cm³/mol. The Morgan fingerprint density at radius 3 is 2.53 bits per heavy atom. The van der Waals surface area contributed by atoms with Crippen molar-refractivity contribution in [3.63, 3.8) is 0 Å². The van der Waals surface area contributed by atoms with Crippen molar-refractivity contribution in [2.45, 2.75) is 6.92 Å². The summed E-state index contributed by atoms with van der Waals surface area (Å²) < 4.78 is 4.47. The molecular weight excluding hydrogens is 198 g/mol. The number of allylic oxidation sites excluding steroid dienone is 2. The lowest BCUT2D eigenvalue weighted by Crippen LogP contribution is -2.28. The molecule has 0 aromatic heterocycles. The van der Waals surface area contributed by atoms with E-state index in [0.717, 1.165) is 0 Å². The second kappa shape index (κ2) is 7.37. The highest BCUT2D eigenvalue weighted by molar-refractivity contribution is 5.92. The van der Waals surface area contributed by atoms with Gasteiger partial charge in [0.1, 0.15) is 0 Å². The third kappa shape index (κ3) is 5.30. The monoisotopic (exact) mass is 211 g/mol. The number of hydroxylamine groups is 1.